The van der Waals surface area contributed by atoms with Crippen LogP contribution in [0.4, 0.5) is 4.79 Å². The van der Waals surface area contributed by atoms with Gasteiger partial charge < -0.3 is 14.8 Å². The van der Waals surface area contributed by atoms with Crippen molar-refractivity contribution in [1.29, 1.82) is 0 Å². The number of alkyl carbamates (subject to hydrolysis) is 1. The highest BCUT2D eigenvalue weighted by molar-refractivity contribution is 5.69. The molecule has 122 valence electrons. The van der Waals surface area contributed by atoms with Crippen LogP contribution in [0.1, 0.15) is 52.6 Å². The molecule has 2 atom stereocenters. The molecule has 0 saturated heterocycles. The van der Waals surface area contributed by atoms with Gasteiger partial charge in [0.1, 0.15) is 11.7 Å². The van der Waals surface area contributed by atoms with Gasteiger partial charge in [-0.1, -0.05) is 37.3 Å². The van der Waals surface area contributed by atoms with Gasteiger partial charge in [-0.3, -0.25) is 4.79 Å². The Labute approximate surface area is 132 Å². The lowest BCUT2D eigenvalue weighted by atomic mass is 9.99. The van der Waals surface area contributed by atoms with Crippen LogP contribution < -0.4 is 5.32 Å². The first-order chi connectivity index (χ1) is 10.2. The fourth-order valence-electron chi connectivity index (χ4n) is 2.09. The highest BCUT2D eigenvalue weighted by atomic mass is 16.6. The van der Waals surface area contributed by atoms with Crippen molar-refractivity contribution in [3.05, 3.63) is 35.9 Å². The number of hydrogen-bond donors (Lipinski definition) is 1. The summed E-state index contributed by atoms with van der Waals surface area (Å²) in [5.41, 5.74) is 0.274. The molecule has 0 radical (unpaired) electrons. The molecular formula is C17H25NO4. The lowest BCUT2D eigenvalue weighted by Crippen LogP contribution is -2.41. The lowest BCUT2D eigenvalue weighted by Gasteiger charge is -2.28. The van der Waals surface area contributed by atoms with Crippen LogP contribution in [0, 0.1) is 0 Å². The van der Waals surface area contributed by atoms with Crippen molar-refractivity contribution < 1.29 is 19.1 Å². The molecule has 0 bridgehead atoms. The van der Waals surface area contributed by atoms with E-state index < -0.39 is 23.8 Å². The molecular weight excluding hydrogens is 282 g/mol. The predicted molar refractivity (Wildman–Crippen MR) is 84.4 cm³/mol. The molecule has 0 aliphatic carbocycles. The van der Waals surface area contributed by atoms with Crippen molar-refractivity contribution in [3.63, 3.8) is 0 Å². The lowest BCUT2D eigenvalue weighted by molar-refractivity contribution is -0.148. The highest BCUT2D eigenvalue weighted by Gasteiger charge is 2.28. The van der Waals surface area contributed by atoms with Crippen molar-refractivity contribution in [2.75, 3.05) is 0 Å². The molecule has 1 N–H and O–H groups in total. The number of ether oxygens (including phenoxy) is 2. The molecule has 1 aromatic rings. The van der Waals surface area contributed by atoms with Crippen LogP contribution in [-0.4, -0.2) is 23.8 Å². The Kier molecular flexibility index (Phi) is 6.40. The van der Waals surface area contributed by atoms with Gasteiger partial charge >= 0.3 is 12.1 Å². The number of carbonyl (C=O) groups excluding carboxylic acids is 2. The zero-order chi connectivity index (χ0) is 16.8. The van der Waals surface area contributed by atoms with E-state index in [1.807, 2.05) is 37.3 Å². The summed E-state index contributed by atoms with van der Waals surface area (Å²) in [7, 11) is 0. The topological polar surface area (TPSA) is 64.6 Å². The van der Waals surface area contributed by atoms with E-state index in [1.54, 1.807) is 20.8 Å². The van der Waals surface area contributed by atoms with Gasteiger partial charge in [-0.25, -0.2) is 4.79 Å². The number of nitrogens with one attached hydrogen (secondary N) is 1. The molecule has 0 aliphatic rings. The van der Waals surface area contributed by atoms with Crippen LogP contribution >= 0.6 is 0 Å². The van der Waals surface area contributed by atoms with E-state index in [-0.39, 0.29) is 5.97 Å². The van der Waals surface area contributed by atoms with E-state index in [2.05, 4.69) is 5.32 Å². The van der Waals surface area contributed by atoms with Crippen molar-refractivity contribution in [2.45, 2.75) is 58.8 Å². The van der Waals surface area contributed by atoms with Gasteiger partial charge in [0.25, 0.3) is 0 Å². The molecule has 1 aromatic carbocycles. The van der Waals surface area contributed by atoms with Gasteiger partial charge in [0.15, 0.2) is 0 Å². The van der Waals surface area contributed by atoms with Crippen LogP contribution in [0.3, 0.4) is 0 Å². The summed E-state index contributed by atoms with van der Waals surface area (Å²) in [5, 5.41) is 2.81. The minimum atomic E-state index is -0.589. The summed E-state index contributed by atoms with van der Waals surface area (Å²) in [6, 6.07) is 8.95. The average molecular weight is 307 g/mol. The normalized spacial score (nSPS) is 13.9. The average Bonchev–Trinajstić information content (AvgIpc) is 2.41. The van der Waals surface area contributed by atoms with Crippen LogP contribution in [0.15, 0.2) is 30.3 Å². The molecule has 0 saturated carbocycles. The summed E-state index contributed by atoms with van der Waals surface area (Å²) in [5.74, 6) is -0.376. The number of amides is 1. The molecule has 1 rings (SSSR count). The van der Waals surface area contributed by atoms with Crippen molar-refractivity contribution >= 4 is 12.1 Å². The molecule has 0 unspecified atom stereocenters. The molecule has 5 nitrogen and oxygen atoms in total. The first kappa shape index (κ1) is 18.0. The number of carbonyl (C=O) groups is 2. The number of rotatable bonds is 5. The summed E-state index contributed by atoms with van der Waals surface area (Å²) >= 11 is 0. The summed E-state index contributed by atoms with van der Waals surface area (Å²) in [6.07, 6.45) is -0.408. The van der Waals surface area contributed by atoms with E-state index in [9.17, 15) is 9.59 Å². The van der Waals surface area contributed by atoms with Crippen molar-refractivity contribution in [1.82, 2.24) is 5.32 Å². The maximum absolute atomic E-state index is 12.1. The van der Waals surface area contributed by atoms with Gasteiger partial charge in [0.2, 0.25) is 0 Å². The minimum absolute atomic E-state index is 0.376. The van der Waals surface area contributed by atoms with Crippen LogP contribution in [0.2, 0.25) is 0 Å². The zero-order valence-corrected chi connectivity index (χ0v) is 13.9. The Morgan fingerprint density at radius 2 is 1.77 bits per heavy atom. The summed E-state index contributed by atoms with van der Waals surface area (Å²) in [4.78, 5) is 23.4. The number of esters is 1. The largest absolute Gasteiger partial charge is 0.460 e. The third-order valence-electron chi connectivity index (χ3n) is 2.92. The van der Waals surface area contributed by atoms with Gasteiger partial charge in [-0.05, 0) is 32.8 Å². The first-order valence-corrected chi connectivity index (χ1v) is 7.44. The molecule has 0 fully saturated rings. The Hall–Kier alpha value is -2.04. The van der Waals surface area contributed by atoms with E-state index in [0.717, 1.165) is 5.56 Å². The molecule has 22 heavy (non-hydrogen) atoms. The molecule has 0 heterocycles. The Morgan fingerprint density at radius 1 is 1.18 bits per heavy atom. The number of benzene rings is 1. The molecule has 1 amide bonds. The fourth-order valence-corrected chi connectivity index (χ4v) is 2.09. The van der Waals surface area contributed by atoms with E-state index in [1.165, 1.54) is 6.92 Å². The third-order valence-corrected chi connectivity index (χ3v) is 2.92. The molecule has 0 aromatic heterocycles. The van der Waals surface area contributed by atoms with Gasteiger partial charge in [0.05, 0.1) is 6.04 Å². The SMILES string of the molecule is CC[C@@H](OC(C)=O)[C@@H](NC(=O)OC(C)(C)C)c1ccccc1. The van der Waals surface area contributed by atoms with Crippen molar-refractivity contribution in [2.24, 2.45) is 0 Å². The zero-order valence-electron chi connectivity index (χ0n) is 13.9. The summed E-state index contributed by atoms with van der Waals surface area (Å²) < 4.78 is 10.6. The quantitative estimate of drug-likeness (QED) is 0.844. The third kappa shape index (κ3) is 6.16. The Morgan fingerprint density at radius 3 is 2.23 bits per heavy atom. The second-order valence-corrected chi connectivity index (χ2v) is 6.09. The molecule has 5 heteroatoms. The maximum atomic E-state index is 12.1. The molecule has 0 spiro atoms. The Bertz CT molecular complexity index is 493. The smallest absolute Gasteiger partial charge is 0.408 e. The monoisotopic (exact) mass is 307 g/mol. The predicted octanol–water partition coefficient (Wildman–Crippen LogP) is 3.59. The maximum Gasteiger partial charge on any atom is 0.408 e. The summed E-state index contributed by atoms with van der Waals surface area (Å²) in [6.45, 7) is 8.66. The second kappa shape index (κ2) is 7.82. The first-order valence-electron chi connectivity index (χ1n) is 7.44. The van der Waals surface area contributed by atoms with Crippen LogP contribution in [-0.2, 0) is 14.3 Å². The number of hydrogen-bond acceptors (Lipinski definition) is 4. The van der Waals surface area contributed by atoms with Crippen LogP contribution in [0.25, 0.3) is 0 Å². The van der Waals surface area contributed by atoms with E-state index in [4.69, 9.17) is 9.47 Å². The minimum Gasteiger partial charge on any atom is -0.460 e. The van der Waals surface area contributed by atoms with E-state index in [0.29, 0.717) is 6.42 Å². The van der Waals surface area contributed by atoms with Gasteiger partial charge in [-0.15, -0.1) is 0 Å². The highest BCUT2D eigenvalue weighted by Crippen LogP contribution is 2.22. The standard InChI is InChI=1S/C17H25NO4/c1-6-14(21-12(2)19)15(13-10-8-7-9-11-13)18-16(20)22-17(3,4)5/h7-11,14-15H,6H2,1-5H3,(H,18,20)/t14-,15+/m1/s1. The van der Waals surface area contributed by atoms with Crippen molar-refractivity contribution in [3.8, 4) is 0 Å². The fraction of sp³-hybridized carbons (Fsp3) is 0.529. The van der Waals surface area contributed by atoms with Gasteiger partial charge in [0, 0.05) is 6.92 Å². The molecule has 0 aliphatic heterocycles. The second-order valence-electron chi connectivity index (χ2n) is 6.09. The Balaban J connectivity index is 2.96. The van der Waals surface area contributed by atoms with Gasteiger partial charge in [-0.2, -0.15) is 0 Å². The van der Waals surface area contributed by atoms with E-state index >= 15 is 0 Å². The van der Waals surface area contributed by atoms with Crippen LogP contribution in [0.5, 0.6) is 0 Å².